The Hall–Kier alpha value is -2.76. The van der Waals surface area contributed by atoms with Gasteiger partial charge in [0.05, 0.1) is 5.92 Å². The van der Waals surface area contributed by atoms with E-state index < -0.39 is 17.9 Å². The minimum Gasteiger partial charge on any atom is -0.480 e. The summed E-state index contributed by atoms with van der Waals surface area (Å²) in [5.41, 5.74) is 3.41. The van der Waals surface area contributed by atoms with Gasteiger partial charge in [0.25, 0.3) is 0 Å². The molecule has 1 amide bonds. The SMILES string of the molecule is C[C@@H](C(=O)O)N(C(=O)C(CS)Cc1ccccc1)c1ccc(-c2cccc(Cl)c2)cc1. The normalized spacial score (nSPS) is 12.7. The summed E-state index contributed by atoms with van der Waals surface area (Å²) in [5.74, 6) is -1.45. The summed E-state index contributed by atoms with van der Waals surface area (Å²) in [6.07, 6.45) is 0.493. The molecule has 0 aliphatic rings. The molecule has 0 saturated heterocycles. The molecule has 6 heteroatoms. The number of aliphatic carboxylic acids is 1. The average Bonchev–Trinajstić information content (AvgIpc) is 2.78. The molecule has 0 fully saturated rings. The number of benzene rings is 3. The molecule has 2 atom stereocenters. The molecule has 3 rings (SSSR count). The quantitative estimate of drug-likeness (QED) is 0.436. The van der Waals surface area contributed by atoms with Crippen LogP contribution in [0.25, 0.3) is 11.1 Å². The first-order valence-electron chi connectivity index (χ1n) is 9.97. The van der Waals surface area contributed by atoms with Gasteiger partial charge in [-0.05, 0) is 54.3 Å². The number of anilines is 1. The zero-order chi connectivity index (χ0) is 22.4. The number of carboxylic acid groups (broad SMARTS) is 1. The van der Waals surface area contributed by atoms with Gasteiger partial charge in [-0.1, -0.05) is 66.2 Å². The minimum atomic E-state index is -1.06. The van der Waals surface area contributed by atoms with Gasteiger partial charge in [0, 0.05) is 16.5 Å². The molecule has 31 heavy (non-hydrogen) atoms. The van der Waals surface area contributed by atoms with Gasteiger partial charge in [-0.25, -0.2) is 4.79 Å². The van der Waals surface area contributed by atoms with Crippen LogP contribution >= 0.6 is 24.2 Å². The van der Waals surface area contributed by atoms with Crippen molar-refractivity contribution in [3.8, 4) is 11.1 Å². The van der Waals surface area contributed by atoms with Crippen molar-refractivity contribution in [1.29, 1.82) is 0 Å². The highest BCUT2D eigenvalue weighted by Crippen LogP contribution is 2.28. The highest BCUT2D eigenvalue weighted by Gasteiger charge is 2.31. The van der Waals surface area contributed by atoms with Crippen LogP contribution in [0, 0.1) is 5.92 Å². The fourth-order valence-corrected chi connectivity index (χ4v) is 3.94. The predicted octanol–water partition coefficient (Wildman–Crippen LogP) is 5.60. The summed E-state index contributed by atoms with van der Waals surface area (Å²) in [5, 5.41) is 10.3. The summed E-state index contributed by atoms with van der Waals surface area (Å²) in [6.45, 7) is 1.52. The van der Waals surface area contributed by atoms with Crippen molar-refractivity contribution in [1.82, 2.24) is 0 Å². The highest BCUT2D eigenvalue weighted by molar-refractivity contribution is 7.80. The Morgan fingerprint density at radius 1 is 0.968 bits per heavy atom. The second-order valence-corrected chi connectivity index (χ2v) is 8.15. The number of carbonyl (C=O) groups excluding carboxylic acids is 1. The van der Waals surface area contributed by atoms with Crippen LogP contribution in [-0.2, 0) is 16.0 Å². The van der Waals surface area contributed by atoms with E-state index in [1.165, 1.54) is 11.8 Å². The summed E-state index contributed by atoms with van der Waals surface area (Å²) in [4.78, 5) is 26.6. The Bertz CT molecular complexity index is 1040. The van der Waals surface area contributed by atoms with E-state index in [1.807, 2.05) is 60.7 Å². The molecule has 0 spiro atoms. The maximum atomic E-state index is 13.4. The third kappa shape index (κ3) is 5.69. The molecule has 0 bridgehead atoms. The molecule has 0 aliphatic heterocycles. The Labute approximate surface area is 192 Å². The molecule has 0 aliphatic carbocycles. The molecule has 0 radical (unpaired) electrons. The van der Waals surface area contributed by atoms with E-state index in [0.717, 1.165) is 16.7 Å². The van der Waals surface area contributed by atoms with Crippen LogP contribution in [0.1, 0.15) is 12.5 Å². The zero-order valence-electron chi connectivity index (χ0n) is 17.1. The van der Waals surface area contributed by atoms with Gasteiger partial charge in [0.1, 0.15) is 6.04 Å². The van der Waals surface area contributed by atoms with E-state index in [2.05, 4.69) is 12.6 Å². The smallest absolute Gasteiger partial charge is 0.326 e. The molecular formula is C25H24ClNO3S. The maximum absolute atomic E-state index is 13.4. The van der Waals surface area contributed by atoms with Crippen LogP contribution in [0.15, 0.2) is 78.9 Å². The third-order valence-electron chi connectivity index (χ3n) is 5.18. The predicted molar refractivity (Wildman–Crippen MR) is 129 cm³/mol. The van der Waals surface area contributed by atoms with Gasteiger partial charge in [0.15, 0.2) is 0 Å². The number of nitrogens with zero attached hydrogens (tertiary/aromatic N) is 1. The number of thiol groups is 1. The van der Waals surface area contributed by atoms with Crippen molar-refractivity contribution in [3.05, 3.63) is 89.4 Å². The highest BCUT2D eigenvalue weighted by atomic mass is 35.5. The van der Waals surface area contributed by atoms with E-state index >= 15 is 0 Å². The molecule has 4 nitrogen and oxygen atoms in total. The fourth-order valence-electron chi connectivity index (χ4n) is 3.46. The molecule has 0 aromatic heterocycles. The van der Waals surface area contributed by atoms with E-state index in [0.29, 0.717) is 22.9 Å². The van der Waals surface area contributed by atoms with E-state index in [-0.39, 0.29) is 5.91 Å². The Morgan fingerprint density at radius 3 is 2.23 bits per heavy atom. The van der Waals surface area contributed by atoms with Crippen LogP contribution in [0.2, 0.25) is 5.02 Å². The van der Waals surface area contributed by atoms with Gasteiger partial charge >= 0.3 is 5.97 Å². The summed E-state index contributed by atoms with van der Waals surface area (Å²) in [6, 6.07) is 23.4. The molecule has 160 valence electrons. The van der Waals surface area contributed by atoms with Gasteiger partial charge < -0.3 is 5.11 Å². The van der Waals surface area contributed by atoms with E-state index in [4.69, 9.17) is 11.6 Å². The lowest BCUT2D eigenvalue weighted by molar-refractivity contribution is -0.140. The summed E-state index contributed by atoms with van der Waals surface area (Å²) in [7, 11) is 0. The van der Waals surface area contributed by atoms with Crippen LogP contribution in [0.4, 0.5) is 5.69 Å². The topological polar surface area (TPSA) is 57.6 Å². The molecule has 3 aromatic rings. The Morgan fingerprint density at radius 2 is 1.65 bits per heavy atom. The molecule has 3 aromatic carbocycles. The molecule has 1 N–H and O–H groups in total. The van der Waals surface area contributed by atoms with Crippen LogP contribution in [0.3, 0.4) is 0 Å². The van der Waals surface area contributed by atoms with Crippen LogP contribution < -0.4 is 4.90 Å². The Balaban J connectivity index is 1.91. The van der Waals surface area contributed by atoms with Gasteiger partial charge in [-0.3, -0.25) is 9.69 Å². The zero-order valence-corrected chi connectivity index (χ0v) is 18.8. The van der Waals surface area contributed by atoms with Gasteiger partial charge in [-0.2, -0.15) is 12.6 Å². The average molecular weight is 454 g/mol. The van der Waals surface area contributed by atoms with Crippen molar-refractivity contribution >= 4 is 41.8 Å². The first kappa shape index (κ1) is 22.9. The number of amides is 1. The lowest BCUT2D eigenvalue weighted by Crippen LogP contribution is -2.47. The van der Waals surface area contributed by atoms with Crippen LogP contribution in [-0.4, -0.2) is 28.8 Å². The fraction of sp³-hybridized carbons (Fsp3) is 0.200. The van der Waals surface area contributed by atoms with Gasteiger partial charge in [-0.15, -0.1) is 0 Å². The van der Waals surface area contributed by atoms with Crippen molar-refractivity contribution in [3.63, 3.8) is 0 Å². The molecular weight excluding hydrogens is 430 g/mol. The standard InChI is InChI=1S/C25H24ClNO3S/c1-17(25(29)30)27(24(28)21(16-31)14-18-6-3-2-4-7-18)23-12-10-19(11-13-23)20-8-5-9-22(26)15-20/h2-13,15,17,21,31H,14,16H2,1H3,(H,29,30)/t17-,21?/m0/s1. The van der Waals surface area contributed by atoms with Crippen LogP contribution in [0.5, 0.6) is 0 Å². The van der Waals surface area contributed by atoms with Crippen molar-refractivity contribution in [2.75, 3.05) is 10.7 Å². The second kappa shape index (κ2) is 10.5. The van der Waals surface area contributed by atoms with Gasteiger partial charge in [0.2, 0.25) is 5.91 Å². The van der Waals surface area contributed by atoms with Crippen molar-refractivity contribution in [2.45, 2.75) is 19.4 Å². The lowest BCUT2D eigenvalue weighted by Gasteiger charge is -2.30. The minimum absolute atomic E-state index is 0.260. The lowest BCUT2D eigenvalue weighted by atomic mass is 9.98. The number of halogens is 1. The number of rotatable bonds is 8. The largest absolute Gasteiger partial charge is 0.480 e. The number of hydrogen-bond acceptors (Lipinski definition) is 3. The summed E-state index contributed by atoms with van der Waals surface area (Å²) >= 11 is 10.5. The van der Waals surface area contributed by atoms with Crippen molar-refractivity contribution < 1.29 is 14.7 Å². The maximum Gasteiger partial charge on any atom is 0.326 e. The van der Waals surface area contributed by atoms with E-state index in [9.17, 15) is 14.7 Å². The van der Waals surface area contributed by atoms with E-state index in [1.54, 1.807) is 18.2 Å². The first-order valence-corrected chi connectivity index (χ1v) is 11.0. The van der Waals surface area contributed by atoms with Crippen molar-refractivity contribution in [2.24, 2.45) is 5.92 Å². The summed E-state index contributed by atoms with van der Waals surface area (Å²) < 4.78 is 0. The molecule has 1 unspecified atom stereocenters. The second-order valence-electron chi connectivity index (χ2n) is 7.35. The third-order valence-corrected chi connectivity index (χ3v) is 5.86. The number of carboxylic acids is 1. The number of carbonyl (C=O) groups is 2. The first-order chi connectivity index (χ1) is 14.9. The Kier molecular flexibility index (Phi) is 7.77. The number of hydrogen-bond donors (Lipinski definition) is 2. The molecule has 0 heterocycles. The molecule has 0 saturated carbocycles. The monoisotopic (exact) mass is 453 g/mol.